The number of rotatable bonds is 5. The Bertz CT molecular complexity index is 561. The first-order valence-electron chi connectivity index (χ1n) is 8.35. The third kappa shape index (κ3) is 4.84. The highest BCUT2D eigenvalue weighted by molar-refractivity contribution is 5.86. The maximum Gasteiger partial charge on any atom is 0.315 e. The van der Waals surface area contributed by atoms with E-state index in [1.807, 2.05) is 11.0 Å². The number of carbonyl (C=O) groups is 2. The molecule has 1 saturated heterocycles. The van der Waals surface area contributed by atoms with Crippen LogP contribution in [0.25, 0.3) is 0 Å². The van der Waals surface area contributed by atoms with E-state index in [9.17, 15) is 9.59 Å². The molecule has 1 fully saturated rings. The number of hydrogen-bond acceptors (Lipinski definition) is 4. The molecule has 2 rings (SSSR count). The molecule has 0 saturated carbocycles. The molecule has 7 heteroatoms. The summed E-state index contributed by atoms with van der Waals surface area (Å²) in [7, 11) is 1.55. The highest BCUT2D eigenvalue weighted by Gasteiger charge is 2.27. The molecule has 0 aromatic carbocycles. The topological polar surface area (TPSA) is 83.6 Å². The van der Waals surface area contributed by atoms with Crippen molar-refractivity contribution in [3.8, 4) is 5.88 Å². The smallest absolute Gasteiger partial charge is 0.315 e. The molecule has 2 atom stereocenters. The monoisotopic (exact) mass is 334 g/mol. The highest BCUT2D eigenvalue weighted by Crippen LogP contribution is 2.17. The van der Waals surface area contributed by atoms with Gasteiger partial charge in [0, 0.05) is 31.4 Å². The molecule has 3 amide bonds. The zero-order valence-corrected chi connectivity index (χ0v) is 14.5. The van der Waals surface area contributed by atoms with E-state index >= 15 is 0 Å². The fourth-order valence-electron chi connectivity index (χ4n) is 2.80. The Hall–Kier alpha value is -2.31. The highest BCUT2D eigenvalue weighted by atomic mass is 16.5. The van der Waals surface area contributed by atoms with Gasteiger partial charge in [0.2, 0.25) is 11.8 Å². The Morgan fingerprint density at radius 3 is 2.83 bits per heavy atom. The number of amides is 3. The van der Waals surface area contributed by atoms with Crippen LogP contribution in [0.2, 0.25) is 0 Å². The van der Waals surface area contributed by atoms with E-state index in [2.05, 4.69) is 22.5 Å². The number of methoxy groups -OCH3 is 1. The van der Waals surface area contributed by atoms with Crippen LogP contribution < -0.4 is 15.4 Å². The van der Waals surface area contributed by atoms with E-state index in [-0.39, 0.29) is 18.0 Å². The van der Waals surface area contributed by atoms with Gasteiger partial charge in [-0.05, 0) is 38.7 Å². The minimum atomic E-state index is -0.542. The average Bonchev–Trinajstić information content (AvgIpc) is 2.60. The fourth-order valence-corrected chi connectivity index (χ4v) is 2.80. The van der Waals surface area contributed by atoms with Crippen LogP contribution in [0, 0.1) is 0 Å². The Morgan fingerprint density at radius 1 is 1.42 bits per heavy atom. The number of ether oxygens (including phenoxy) is 1. The molecule has 1 aliphatic rings. The van der Waals surface area contributed by atoms with Crippen molar-refractivity contribution < 1.29 is 14.3 Å². The molecule has 2 heterocycles. The van der Waals surface area contributed by atoms with Crippen molar-refractivity contribution in [3.05, 3.63) is 23.9 Å². The first kappa shape index (κ1) is 18.0. The van der Waals surface area contributed by atoms with Crippen LogP contribution in [0.5, 0.6) is 5.88 Å². The summed E-state index contributed by atoms with van der Waals surface area (Å²) in [6.45, 7) is 4.88. The van der Waals surface area contributed by atoms with Gasteiger partial charge in [-0.1, -0.05) is 6.07 Å². The summed E-state index contributed by atoms with van der Waals surface area (Å²) in [5.74, 6) is 0.501. The molecule has 2 N–H and O–H groups in total. The van der Waals surface area contributed by atoms with Crippen molar-refractivity contribution in [1.82, 2.24) is 20.5 Å². The molecule has 0 radical (unpaired) electrons. The fraction of sp³-hybridized carbons (Fsp3) is 0.588. The van der Waals surface area contributed by atoms with Gasteiger partial charge >= 0.3 is 6.03 Å². The Morgan fingerprint density at radius 2 is 2.21 bits per heavy atom. The van der Waals surface area contributed by atoms with Gasteiger partial charge in [0.05, 0.1) is 7.11 Å². The zero-order valence-electron chi connectivity index (χ0n) is 14.5. The summed E-state index contributed by atoms with van der Waals surface area (Å²) in [6.07, 6.45) is 4.85. The molecule has 132 valence electrons. The van der Waals surface area contributed by atoms with E-state index in [1.54, 1.807) is 26.3 Å². The first-order valence-corrected chi connectivity index (χ1v) is 8.35. The van der Waals surface area contributed by atoms with Gasteiger partial charge in [-0.15, -0.1) is 0 Å². The largest absolute Gasteiger partial charge is 0.481 e. The molecule has 1 aromatic heterocycles. The van der Waals surface area contributed by atoms with Crippen molar-refractivity contribution in [2.24, 2.45) is 0 Å². The number of hydrogen-bond donors (Lipinski definition) is 2. The lowest BCUT2D eigenvalue weighted by Gasteiger charge is -2.35. The van der Waals surface area contributed by atoms with E-state index in [0.29, 0.717) is 12.4 Å². The van der Waals surface area contributed by atoms with E-state index in [0.717, 1.165) is 31.4 Å². The van der Waals surface area contributed by atoms with Gasteiger partial charge in [0.1, 0.15) is 6.04 Å². The zero-order chi connectivity index (χ0) is 17.5. The summed E-state index contributed by atoms with van der Waals surface area (Å²) < 4.78 is 4.99. The molecule has 24 heavy (non-hydrogen) atoms. The standard InChI is InChI=1S/C17H26N4O3/c1-12-6-4-5-9-21(12)16(22)13(2)20-17(23)19-11-14-7-8-15(24-3)18-10-14/h7-8,10,12-13H,4-6,9,11H2,1-3H3,(H2,19,20,23)/t12-,13+/m1/s1. The predicted octanol–water partition coefficient (Wildman–Crippen LogP) is 1.68. The SMILES string of the molecule is COc1ccc(CNC(=O)N[C@@H](C)C(=O)N2CCCC[C@H]2C)cn1. The summed E-state index contributed by atoms with van der Waals surface area (Å²) in [5.41, 5.74) is 0.856. The first-order chi connectivity index (χ1) is 11.5. The van der Waals surface area contributed by atoms with Gasteiger partial charge in [0.25, 0.3) is 0 Å². The van der Waals surface area contributed by atoms with Crippen LogP contribution in [0.3, 0.4) is 0 Å². The third-order valence-corrected chi connectivity index (χ3v) is 4.26. The Kier molecular flexibility index (Phi) is 6.40. The summed E-state index contributed by atoms with van der Waals surface area (Å²) >= 11 is 0. The summed E-state index contributed by atoms with van der Waals surface area (Å²) in [5, 5.41) is 5.44. The molecular formula is C17H26N4O3. The predicted molar refractivity (Wildman–Crippen MR) is 90.6 cm³/mol. The van der Waals surface area contributed by atoms with Crippen LogP contribution in [0.1, 0.15) is 38.7 Å². The average molecular weight is 334 g/mol. The lowest BCUT2D eigenvalue weighted by molar-refractivity contribution is -0.136. The Labute approximate surface area is 142 Å². The number of nitrogens with one attached hydrogen (secondary N) is 2. The molecule has 0 unspecified atom stereocenters. The lowest BCUT2D eigenvalue weighted by Crippen LogP contribution is -2.53. The van der Waals surface area contributed by atoms with Crippen LogP contribution in [0.4, 0.5) is 4.79 Å². The second-order valence-corrected chi connectivity index (χ2v) is 6.13. The molecule has 0 aliphatic carbocycles. The minimum absolute atomic E-state index is 0.0246. The normalized spacial score (nSPS) is 18.6. The summed E-state index contributed by atoms with van der Waals surface area (Å²) in [6, 6.07) is 2.90. The van der Waals surface area contributed by atoms with Crippen molar-refractivity contribution in [1.29, 1.82) is 0 Å². The van der Waals surface area contributed by atoms with Crippen molar-refractivity contribution in [3.63, 3.8) is 0 Å². The molecule has 7 nitrogen and oxygen atoms in total. The van der Waals surface area contributed by atoms with Gasteiger partial charge in [-0.25, -0.2) is 9.78 Å². The number of carbonyl (C=O) groups excluding carboxylic acids is 2. The molecule has 1 aromatic rings. The van der Waals surface area contributed by atoms with E-state index in [4.69, 9.17) is 4.74 Å². The van der Waals surface area contributed by atoms with Crippen molar-refractivity contribution in [2.45, 2.75) is 51.7 Å². The maximum atomic E-state index is 12.4. The van der Waals surface area contributed by atoms with Gasteiger partial charge in [-0.2, -0.15) is 0 Å². The number of urea groups is 1. The molecular weight excluding hydrogens is 308 g/mol. The van der Waals surface area contributed by atoms with Gasteiger partial charge in [0.15, 0.2) is 0 Å². The molecule has 0 spiro atoms. The molecule has 1 aliphatic heterocycles. The van der Waals surface area contributed by atoms with Crippen molar-refractivity contribution >= 4 is 11.9 Å². The molecule has 0 bridgehead atoms. The van der Waals surface area contributed by atoms with Crippen LogP contribution >= 0.6 is 0 Å². The number of pyridine rings is 1. The number of likely N-dealkylation sites (tertiary alicyclic amines) is 1. The van der Waals surface area contributed by atoms with Crippen molar-refractivity contribution in [2.75, 3.05) is 13.7 Å². The van der Waals surface area contributed by atoms with E-state index in [1.165, 1.54) is 0 Å². The number of aromatic nitrogens is 1. The second kappa shape index (κ2) is 8.52. The van der Waals surface area contributed by atoms with Crippen LogP contribution in [0.15, 0.2) is 18.3 Å². The van der Waals surface area contributed by atoms with Gasteiger partial charge in [-0.3, -0.25) is 4.79 Å². The number of piperidine rings is 1. The van der Waals surface area contributed by atoms with Crippen LogP contribution in [-0.4, -0.2) is 47.6 Å². The third-order valence-electron chi connectivity index (χ3n) is 4.26. The lowest BCUT2D eigenvalue weighted by atomic mass is 10.0. The second-order valence-electron chi connectivity index (χ2n) is 6.13. The van der Waals surface area contributed by atoms with Gasteiger partial charge < -0.3 is 20.3 Å². The minimum Gasteiger partial charge on any atom is -0.481 e. The number of nitrogens with zero attached hydrogens (tertiary/aromatic N) is 2. The summed E-state index contributed by atoms with van der Waals surface area (Å²) in [4.78, 5) is 30.4. The van der Waals surface area contributed by atoms with Crippen LogP contribution in [-0.2, 0) is 11.3 Å². The quantitative estimate of drug-likeness (QED) is 0.858. The Balaban J connectivity index is 1.79. The maximum absolute atomic E-state index is 12.4. The van der Waals surface area contributed by atoms with E-state index < -0.39 is 6.04 Å².